The van der Waals surface area contributed by atoms with Gasteiger partial charge in [-0.05, 0) is 86.6 Å². The number of halogens is 7. The van der Waals surface area contributed by atoms with Gasteiger partial charge in [-0.15, -0.1) is 0 Å². The summed E-state index contributed by atoms with van der Waals surface area (Å²) in [7, 11) is 2.97. The molecular formula is C42H35Cl3F4N2O6. The van der Waals surface area contributed by atoms with Crippen LogP contribution in [0.4, 0.5) is 17.6 Å². The van der Waals surface area contributed by atoms with E-state index in [-0.39, 0.29) is 59.8 Å². The van der Waals surface area contributed by atoms with Gasteiger partial charge in [0.15, 0.2) is 13.6 Å². The number of methoxy groups -OCH3 is 2. The summed E-state index contributed by atoms with van der Waals surface area (Å²) >= 11 is 18.9. The number of benzene rings is 4. The molecule has 0 saturated carbocycles. The van der Waals surface area contributed by atoms with E-state index in [4.69, 9.17) is 53.8 Å². The monoisotopic (exact) mass is 844 g/mol. The lowest BCUT2D eigenvalue weighted by atomic mass is 9.97. The van der Waals surface area contributed by atoms with Crippen LogP contribution in [-0.2, 0) is 22.6 Å². The molecule has 57 heavy (non-hydrogen) atoms. The average molecular weight is 846 g/mol. The van der Waals surface area contributed by atoms with Gasteiger partial charge in [-0.25, -0.2) is 17.6 Å². The molecule has 0 aliphatic heterocycles. The van der Waals surface area contributed by atoms with Gasteiger partial charge in [0, 0.05) is 65.7 Å². The fourth-order valence-corrected chi connectivity index (χ4v) is 6.74. The Balaban J connectivity index is 0.000000218. The van der Waals surface area contributed by atoms with E-state index in [9.17, 15) is 27.2 Å². The summed E-state index contributed by atoms with van der Waals surface area (Å²) in [5.74, 6) is -2.25. The van der Waals surface area contributed by atoms with Gasteiger partial charge in [-0.1, -0.05) is 46.9 Å². The number of ether oxygens (including phenoxy) is 4. The number of nitrogens with zero attached hydrogens (tertiary/aromatic N) is 2. The van der Waals surface area contributed by atoms with Crippen LogP contribution >= 0.6 is 34.8 Å². The molecule has 0 saturated heterocycles. The van der Waals surface area contributed by atoms with Crippen LogP contribution in [0.15, 0.2) is 101 Å². The van der Waals surface area contributed by atoms with E-state index < -0.39 is 28.8 Å². The highest BCUT2D eigenvalue weighted by molar-refractivity contribution is 6.34. The Morgan fingerprint density at radius 2 is 0.965 bits per heavy atom. The predicted molar refractivity (Wildman–Crippen MR) is 214 cm³/mol. The summed E-state index contributed by atoms with van der Waals surface area (Å²) in [5.41, 5.74) is 0.225. The molecule has 6 aromatic rings. The SMILES string of the molecule is CCn1c(-c2c(F)cccc2F)c(-c2cc(OCOC)ccc2Cl)cc(Cl)c1=O.CCn1c(-c2c(F)cccc2F)c(-c2cc(OCOC)ccc2Cl)ccc1=O. The van der Waals surface area contributed by atoms with E-state index in [1.807, 2.05) is 0 Å². The Bertz CT molecular complexity index is 2490. The summed E-state index contributed by atoms with van der Waals surface area (Å²) in [6.07, 6.45) is 0. The summed E-state index contributed by atoms with van der Waals surface area (Å²) in [6, 6.07) is 21.0. The maximum atomic E-state index is 14.7. The summed E-state index contributed by atoms with van der Waals surface area (Å²) in [6.45, 7) is 3.83. The quantitative estimate of drug-likeness (QED) is 0.0901. The Labute approximate surface area is 340 Å². The van der Waals surface area contributed by atoms with Crippen LogP contribution in [0.5, 0.6) is 11.5 Å². The highest BCUT2D eigenvalue weighted by Crippen LogP contribution is 2.41. The summed E-state index contributed by atoms with van der Waals surface area (Å²) < 4.78 is 81.7. The van der Waals surface area contributed by atoms with Crippen molar-refractivity contribution in [1.29, 1.82) is 0 Å². The predicted octanol–water partition coefficient (Wildman–Crippen LogP) is 10.9. The number of rotatable bonds is 12. The zero-order valence-corrected chi connectivity index (χ0v) is 33.2. The van der Waals surface area contributed by atoms with Crippen LogP contribution in [0.1, 0.15) is 13.8 Å². The molecule has 2 heterocycles. The first kappa shape index (κ1) is 43.0. The lowest BCUT2D eigenvalue weighted by Gasteiger charge is -2.19. The normalized spacial score (nSPS) is 10.9. The molecule has 0 aliphatic carbocycles. The fraction of sp³-hybridized carbons (Fsp3) is 0.190. The molecule has 0 atom stereocenters. The second kappa shape index (κ2) is 19.4. The first-order valence-electron chi connectivity index (χ1n) is 17.3. The van der Waals surface area contributed by atoms with Gasteiger partial charge in [0.1, 0.15) is 39.8 Å². The van der Waals surface area contributed by atoms with Crippen molar-refractivity contribution in [3.8, 4) is 56.3 Å². The van der Waals surface area contributed by atoms with Crippen LogP contribution in [-0.4, -0.2) is 36.9 Å². The molecule has 6 rings (SSSR count). The van der Waals surface area contributed by atoms with Gasteiger partial charge < -0.3 is 28.1 Å². The largest absolute Gasteiger partial charge is 0.468 e. The highest BCUT2D eigenvalue weighted by atomic mass is 35.5. The van der Waals surface area contributed by atoms with E-state index in [1.165, 1.54) is 53.7 Å². The Morgan fingerprint density at radius 3 is 1.40 bits per heavy atom. The third kappa shape index (κ3) is 9.38. The maximum absolute atomic E-state index is 14.7. The molecule has 0 N–H and O–H groups in total. The molecule has 0 radical (unpaired) electrons. The standard InChI is InChI=1S/C21H17Cl2F2NO3.C21H18ClF2NO3/c1-3-26-20(19-17(24)5-4-6-18(19)25)14(10-16(23)21(26)27)13-9-12(29-11-28-2)7-8-15(13)22;1-3-25-19(26)10-8-14(21(25)20-17(23)5-4-6-18(20)24)15-11-13(28-12-27-2)7-9-16(15)22/h4-10H,3,11H2,1-2H3;4-11H,3,12H2,1-2H3. The van der Waals surface area contributed by atoms with Crippen LogP contribution < -0.4 is 20.6 Å². The smallest absolute Gasteiger partial charge is 0.269 e. The first-order chi connectivity index (χ1) is 27.4. The molecule has 0 unspecified atom stereocenters. The van der Waals surface area contributed by atoms with Gasteiger partial charge in [0.05, 0.1) is 22.5 Å². The molecule has 15 heteroatoms. The second-order valence-corrected chi connectivity index (χ2v) is 13.3. The fourth-order valence-electron chi connectivity index (χ4n) is 6.09. The molecule has 298 valence electrons. The van der Waals surface area contributed by atoms with Gasteiger partial charge in [-0.3, -0.25) is 9.59 Å². The van der Waals surface area contributed by atoms with Crippen molar-refractivity contribution in [3.63, 3.8) is 0 Å². The number of aromatic nitrogens is 2. The van der Waals surface area contributed by atoms with Crippen LogP contribution in [0.25, 0.3) is 44.8 Å². The van der Waals surface area contributed by atoms with Crippen molar-refractivity contribution in [3.05, 3.63) is 150 Å². The Morgan fingerprint density at radius 1 is 0.526 bits per heavy atom. The number of pyridine rings is 2. The van der Waals surface area contributed by atoms with Crippen molar-refractivity contribution in [1.82, 2.24) is 9.13 Å². The third-order valence-electron chi connectivity index (χ3n) is 8.60. The molecule has 0 aliphatic rings. The molecule has 0 amide bonds. The third-order valence-corrected chi connectivity index (χ3v) is 9.53. The van der Waals surface area contributed by atoms with E-state index in [0.717, 1.165) is 24.3 Å². The van der Waals surface area contributed by atoms with E-state index >= 15 is 0 Å². The second-order valence-electron chi connectivity index (χ2n) is 12.1. The van der Waals surface area contributed by atoms with Crippen molar-refractivity contribution < 1.29 is 36.5 Å². The van der Waals surface area contributed by atoms with Crippen molar-refractivity contribution in [2.24, 2.45) is 0 Å². The van der Waals surface area contributed by atoms with Crippen LogP contribution in [0, 0.1) is 23.3 Å². The maximum Gasteiger partial charge on any atom is 0.269 e. The van der Waals surface area contributed by atoms with Crippen molar-refractivity contribution in [2.75, 3.05) is 27.8 Å². The summed E-state index contributed by atoms with van der Waals surface area (Å²) in [4.78, 5) is 25.0. The minimum absolute atomic E-state index is 0.00504. The van der Waals surface area contributed by atoms with Crippen molar-refractivity contribution >= 4 is 34.8 Å². The Kier molecular flexibility index (Phi) is 14.6. The summed E-state index contributed by atoms with van der Waals surface area (Å²) in [5, 5.41) is 0.552. The van der Waals surface area contributed by atoms with E-state index in [0.29, 0.717) is 43.8 Å². The van der Waals surface area contributed by atoms with Crippen LogP contribution in [0.3, 0.4) is 0 Å². The number of hydrogen-bond donors (Lipinski definition) is 0. The Hall–Kier alpha value is -5.11. The molecule has 0 fully saturated rings. The zero-order chi connectivity index (χ0) is 41.4. The van der Waals surface area contributed by atoms with E-state index in [2.05, 4.69) is 0 Å². The van der Waals surface area contributed by atoms with Gasteiger partial charge in [0.2, 0.25) is 0 Å². The first-order valence-corrected chi connectivity index (χ1v) is 18.4. The molecular weight excluding hydrogens is 811 g/mol. The van der Waals surface area contributed by atoms with E-state index in [1.54, 1.807) is 50.2 Å². The zero-order valence-electron chi connectivity index (χ0n) is 31.0. The van der Waals surface area contributed by atoms with Gasteiger partial charge in [-0.2, -0.15) is 0 Å². The minimum Gasteiger partial charge on any atom is -0.468 e. The topological polar surface area (TPSA) is 80.9 Å². The molecule has 8 nitrogen and oxygen atoms in total. The van der Waals surface area contributed by atoms with Crippen LogP contribution in [0.2, 0.25) is 15.1 Å². The van der Waals surface area contributed by atoms with Gasteiger partial charge in [0.25, 0.3) is 11.1 Å². The van der Waals surface area contributed by atoms with Crippen molar-refractivity contribution in [2.45, 2.75) is 26.9 Å². The van der Waals surface area contributed by atoms with Gasteiger partial charge >= 0.3 is 0 Å². The minimum atomic E-state index is -0.807. The lowest BCUT2D eigenvalue weighted by Crippen LogP contribution is -2.23. The molecule has 2 aromatic heterocycles. The highest BCUT2D eigenvalue weighted by Gasteiger charge is 2.24. The molecule has 0 spiro atoms. The molecule has 0 bridgehead atoms. The molecule has 4 aromatic carbocycles. The average Bonchev–Trinajstić information content (AvgIpc) is 3.19. The lowest BCUT2D eigenvalue weighted by molar-refractivity contribution is 0.0510. The number of hydrogen-bond acceptors (Lipinski definition) is 6.